The van der Waals surface area contributed by atoms with Crippen molar-refractivity contribution < 1.29 is 19.4 Å². The molecule has 1 aliphatic rings. The molecule has 184 valence electrons. The first-order valence-corrected chi connectivity index (χ1v) is 12.2. The molecule has 4 atom stereocenters. The Labute approximate surface area is 211 Å². The summed E-state index contributed by atoms with van der Waals surface area (Å²) in [4.78, 5) is 12.7. The van der Waals surface area contributed by atoms with Crippen LogP contribution < -0.4 is 20.1 Å². The topological polar surface area (TPSA) is 79.8 Å². The number of halogens is 1. The summed E-state index contributed by atoms with van der Waals surface area (Å²) in [6.45, 7) is 4.59. The van der Waals surface area contributed by atoms with Gasteiger partial charge >= 0.3 is 0 Å². The van der Waals surface area contributed by atoms with E-state index in [4.69, 9.17) is 21.1 Å². The monoisotopic (exact) mass is 494 g/mol. The largest absolute Gasteiger partial charge is 0.485 e. The van der Waals surface area contributed by atoms with Crippen molar-refractivity contribution >= 4 is 17.5 Å². The molecule has 1 heterocycles. The molecule has 4 rings (SSSR count). The molecule has 0 saturated carbocycles. The molecule has 0 bridgehead atoms. The van der Waals surface area contributed by atoms with Gasteiger partial charge in [0.25, 0.3) is 5.91 Å². The van der Waals surface area contributed by atoms with Crippen molar-refractivity contribution in [3.8, 4) is 11.5 Å². The van der Waals surface area contributed by atoms with E-state index in [2.05, 4.69) is 17.6 Å². The van der Waals surface area contributed by atoms with Crippen molar-refractivity contribution in [1.82, 2.24) is 10.6 Å². The van der Waals surface area contributed by atoms with Crippen LogP contribution in [0.2, 0.25) is 5.02 Å². The molecule has 1 amide bonds. The summed E-state index contributed by atoms with van der Waals surface area (Å²) < 4.78 is 11.8. The Morgan fingerprint density at radius 2 is 1.80 bits per heavy atom. The van der Waals surface area contributed by atoms with Crippen LogP contribution in [0.3, 0.4) is 0 Å². The molecule has 0 fully saturated rings. The first kappa shape index (κ1) is 25.0. The molecule has 0 aromatic heterocycles. The Morgan fingerprint density at radius 1 is 1.03 bits per heavy atom. The van der Waals surface area contributed by atoms with Crippen LogP contribution in [0.15, 0.2) is 72.8 Å². The third-order valence-electron chi connectivity index (χ3n) is 6.05. The zero-order valence-electron chi connectivity index (χ0n) is 19.9. The second kappa shape index (κ2) is 11.6. The van der Waals surface area contributed by atoms with Crippen molar-refractivity contribution in [2.45, 2.75) is 44.6 Å². The number of hydrogen-bond acceptors (Lipinski definition) is 5. The minimum Gasteiger partial charge on any atom is -0.485 e. The van der Waals surface area contributed by atoms with E-state index in [-0.39, 0.29) is 24.6 Å². The number of ether oxygens (including phenoxy) is 2. The first-order chi connectivity index (χ1) is 16.9. The smallest absolute Gasteiger partial charge is 0.265 e. The summed E-state index contributed by atoms with van der Waals surface area (Å²) in [7, 11) is 0. The second-order valence-corrected chi connectivity index (χ2v) is 9.36. The highest BCUT2D eigenvalue weighted by molar-refractivity contribution is 6.30. The van der Waals surface area contributed by atoms with Crippen molar-refractivity contribution in [3.63, 3.8) is 0 Å². The Bertz CT molecular complexity index is 1140. The highest BCUT2D eigenvalue weighted by Crippen LogP contribution is 2.33. The number of amides is 1. The lowest BCUT2D eigenvalue weighted by atomic mass is 10.0. The molecule has 0 spiro atoms. The Morgan fingerprint density at radius 3 is 2.57 bits per heavy atom. The van der Waals surface area contributed by atoms with E-state index in [1.165, 1.54) is 0 Å². The number of carbonyl (C=O) groups is 1. The quantitative estimate of drug-likeness (QED) is 0.405. The summed E-state index contributed by atoms with van der Waals surface area (Å²) in [5.41, 5.74) is 2.89. The minimum atomic E-state index is -0.701. The molecule has 3 N–H and O–H groups in total. The number of fused-ring (bicyclic) bond motifs is 1. The predicted octanol–water partition coefficient (Wildman–Crippen LogP) is 4.61. The van der Waals surface area contributed by atoms with Gasteiger partial charge in [0.2, 0.25) is 6.10 Å². The van der Waals surface area contributed by atoms with Crippen LogP contribution in [0.4, 0.5) is 0 Å². The van der Waals surface area contributed by atoms with Gasteiger partial charge in [-0.05, 0) is 61.2 Å². The third-order valence-corrected chi connectivity index (χ3v) is 6.29. The molecule has 0 aliphatic carbocycles. The highest BCUT2D eigenvalue weighted by Gasteiger charge is 2.28. The van der Waals surface area contributed by atoms with Gasteiger partial charge in [-0.25, -0.2) is 0 Å². The number of benzene rings is 3. The van der Waals surface area contributed by atoms with E-state index < -0.39 is 12.2 Å². The lowest BCUT2D eigenvalue weighted by molar-refractivity contribution is -0.131. The van der Waals surface area contributed by atoms with E-state index in [0.29, 0.717) is 23.1 Å². The maximum atomic E-state index is 12.7. The Balaban J connectivity index is 1.28. The van der Waals surface area contributed by atoms with Gasteiger partial charge in [-0.1, -0.05) is 60.1 Å². The van der Waals surface area contributed by atoms with Crippen molar-refractivity contribution in [2.75, 3.05) is 13.2 Å². The normalized spacial score (nSPS) is 17.3. The van der Waals surface area contributed by atoms with E-state index in [0.717, 1.165) is 23.1 Å². The molecule has 7 heteroatoms. The second-order valence-electron chi connectivity index (χ2n) is 8.92. The number of rotatable bonds is 9. The van der Waals surface area contributed by atoms with Gasteiger partial charge < -0.3 is 25.2 Å². The Kier molecular flexibility index (Phi) is 8.29. The van der Waals surface area contributed by atoms with Crippen LogP contribution in [-0.4, -0.2) is 36.3 Å². The van der Waals surface area contributed by atoms with Crippen molar-refractivity contribution in [2.24, 2.45) is 0 Å². The molecule has 3 aromatic carbocycles. The number of hydrogen-bond donors (Lipinski definition) is 3. The highest BCUT2D eigenvalue weighted by atomic mass is 35.5. The fourth-order valence-corrected chi connectivity index (χ4v) is 4.27. The van der Waals surface area contributed by atoms with Crippen LogP contribution in [0.1, 0.15) is 42.7 Å². The molecule has 0 radical (unpaired) electrons. The van der Waals surface area contributed by atoms with Crippen LogP contribution in [-0.2, 0) is 11.2 Å². The van der Waals surface area contributed by atoms with Crippen molar-refractivity contribution in [1.29, 1.82) is 0 Å². The SMILES string of the molecule is C[C@H](Cc1ccc2c(c1)OC[C@H](C(=O)N[C@@H](C)c1ccccc1)O2)NCC(O)c1cccc(Cl)c1. The zero-order chi connectivity index (χ0) is 24.8. The molecule has 1 aliphatic heterocycles. The van der Waals surface area contributed by atoms with Gasteiger partial charge in [-0.15, -0.1) is 0 Å². The molecule has 1 unspecified atom stereocenters. The predicted molar refractivity (Wildman–Crippen MR) is 137 cm³/mol. The average Bonchev–Trinajstić information content (AvgIpc) is 2.87. The lowest BCUT2D eigenvalue weighted by Gasteiger charge is -2.27. The van der Waals surface area contributed by atoms with E-state index in [1.807, 2.05) is 67.6 Å². The van der Waals surface area contributed by atoms with Crippen LogP contribution in [0, 0.1) is 0 Å². The molecule has 35 heavy (non-hydrogen) atoms. The van der Waals surface area contributed by atoms with Gasteiger partial charge in [0.15, 0.2) is 11.5 Å². The van der Waals surface area contributed by atoms with E-state index in [9.17, 15) is 9.90 Å². The number of carbonyl (C=O) groups excluding carboxylic acids is 1. The van der Waals surface area contributed by atoms with Gasteiger partial charge in [0.1, 0.15) is 6.61 Å². The summed E-state index contributed by atoms with van der Waals surface area (Å²) in [6, 6.07) is 22.8. The zero-order valence-corrected chi connectivity index (χ0v) is 20.7. The fraction of sp³-hybridized carbons (Fsp3) is 0.321. The fourth-order valence-electron chi connectivity index (χ4n) is 4.07. The van der Waals surface area contributed by atoms with Crippen LogP contribution >= 0.6 is 11.6 Å². The lowest BCUT2D eigenvalue weighted by Crippen LogP contribution is -2.44. The number of aliphatic hydroxyl groups excluding tert-OH is 1. The summed E-state index contributed by atoms with van der Waals surface area (Å²) in [6.07, 6.45) is -0.589. The summed E-state index contributed by atoms with van der Waals surface area (Å²) in [5, 5.41) is 17.4. The van der Waals surface area contributed by atoms with E-state index in [1.54, 1.807) is 12.1 Å². The summed E-state index contributed by atoms with van der Waals surface area (Å²) >= 11 is 6.01. The maximum Gasteiger partial charge on any atom is 0.265 e. The maximum absolute atomic E-state index is 12.7. The average molecular weight is 495 g/mol. The van der Waals surface area contributed by atoms with E-state index >= 15 is 0 Å². The molecule has 3 aromatic rings. The first-order valence-electron chi connectivity index (χ1n) is 11.8. The van der Waals surface area contributed by atoms with Gasteiger partial charge in [-0.3, -0.25) is 4.79 Å². The number of nitrogens with one attached hydrogen (secondary N) is 2. The van der Waals surface area contributed by atoms with Gasteiger partial charge in [0, 0.05) is 17.6 Å². The summed E-state index contributed by atoms with van der Waals surface area (Å²) in [5.74, 6) is 0.991. The minimum absolute atomic E-state index is 0.123. The molecular weight excluding hydrogens is 464 g/mol. The third kappa shape index (κ3) is 6.75. The van der Waals surface area contributed by atoms with Crippen LogP contribution in [0.25, 0.3) is 0 Å². The molecule has 6 nitrogen and oxygen atoms in total. The molecule has 0 saturated heterocycles. The number of aliphatic hydroxyl groups is 1. The molecular formula is C28H31ClN2O4. The van der Waals surface area contributed by atoms with Crippen molar-refractivity contribution in [3.05, 3.63) is 94.5 Å². The van der Waals surface area contributed by atoms with Crippen LogP contribution in [0.5, 0.6) is 11.5 Å². The Hall–Kier alpha value is -3.06. The van der Waals surface area contributed by atoms with Gasteiger partial charge in [0.05, 0.1) is 12.1 Å². The standard InChI is InChI=1S/C28H31ClN2O4/c1-18(30-16-24(32)22-9-6-10-23(29)15-22)13-20-11-12-25-26(14-20)34-17-27(35-25)28(33)31-19(2)21-7-4-3-5-8-21/h3-12,14-15,18-19,24,27,30,32H,13,16-17H2,1-2H3,(H,31,33)/t18-,19+,24?,27-/m1/s1. The van der Waals surface area contributed by atoms with Gasteiger partial charge in [-0.2, -0.15) is 0 Å².